The zero-order chi connectivity index (χ0) is 19.0. The maximum atomic E-state index is 13.5. The number of rotatable bonds is 3. The molecule has 4 rings (SSSR count). The summed E-state index contributed by atoms with van der Waals surface area (Å²) in [7, 11) is 0. The number of hydrogen-bond donors (Lipinski definition) is 1. The van der Waals surface area contributed by atoms with Crippen LogP contribution in [0.1, 0.15) is 12.0 Å². The molecule has 2 aromatic heterocycles. The third-order valence-corrected chi connectivity index (χ3v) is 4.75. The van der Waals surface area contributed by atoms with Gasteiger partial charge in [0.15, 0.2) is 0 Å². The molecule has 1 N–H and O–H groups in total. The Hall–Kier alpha value is -3.35. The van der Waals surface area contributed by atoms with Gasteiger partial charge in [-0.2, -0.15) is 0 Å². The van der Waals surface area contributed by atoms with Crippen LogP contribution >= 0.6 is 0 Å². The molecule has 0 bridgehead atoms. The molecule has 3 heterocycles. The Balaban J connectivity index is 1.53. The van der Waals surface area contributed by atoms with Gasteiger partial charge in [0.2, 0.25) is 11.8 Å². The van der Waals surface area contributed by atoms with E-state index in [0.717, 1.165) is 10.9 Å². The molecule has 1 aliphatic rings. The summed E-state index contributed by atoms with van der Waals surface area (Å²) in [6.07, 6.45) is 5.01. The van der Waals surface area contributed by atoms with Crippen molar-refractivity contribution in [2.45, 2.75) is 13.3 Å². The maximum Gasteiger partial charge on any atom is 0.229 e. The van der Waals surface area contributed by atoms with Crippen molar-refractivity contribution in [2.75, 3.05) is 16.8 Å². The second-order valence-corrected chi connectivity index (χ2v) is 6.58. The van der Waals surface area contributed by atoms with E-state index in [1.165, 1.54) is 11.0 Å². The van der Waals surface area contributed by atoms with Gasteiger partial charge in [-0.1, -0.05) is 0 Å². The monoisotopic (exact) mass is 364 g/mol. The van der Waals surface area contributed by atoms with Gasteiger partial charge in [-0.15, -0.1) is 0 Å². The number of hydrogen-bond acceptors (Lipinski definition) is 4. The van der Waals surface area contributed by atoms with Crippen molar-refractivity contribution in [1.29, 1.82) is 0 Å². The number of aromatic nitrogens is 2. The molecule has 6 nitrogen and oxygen atoms in total. The molecule has 3 aromatic rings. The van der Waals surface area contributed by atoms with Crippen LogP contribution in [-0.4, -0.2) is 28.3 Å². The molecule has 1 unspecified atom stereocenters. The molecule has 2 amide bonds. The van der Waals surface area contributed by atoms with Gasteiger partial charge in [-0.3, -0.25) is 19.6 Å². The van der Waals surface area contributed by atoms with Gasteiger partial charge in [-0.25, -0.2) is 4.39 Å². The van der Waals surface area contributed by atoms with Crippen molar-refractivity contribution in [3.63, 3.8) is 0 Å². The van der Waals surface area contributed by atoms with Crippen molar-refractivity contribution in [3.05, 3.63) is 60.3 Å². The number of nitrogens with one attached hydrogen (secondary N) is 1. The fraction of sp³-hybridized carbons (Fsp3) is 0.200. The summed E-state index contributed by atoms with van der Waals surface area (Å²) < 4.78 is 13.5. The zero-order valence-electron chi connectivity index (χ0n) is 14.6. The van der Waals surface area contributed by atoms with Gasteiger partial charge >= 0.3 is 0 Å². The molecule has 0 saturated carbocycles. The van der Waals surface area contributed by atoms with Crippen LogP contribution in [0.5, 0.6) is 0 Å². The number of aryl methyl sites for hydroxylation is 1. The van der Waals surface area contributed by atoms with Crippen molar-refractivity contribution in [2.24, 2.45) is 5.92 Å². The van der Waals surface area contributed by atoms with Crippen molar-refractivity contribution in [3.8, 4) is 0 Å². The van der Waals surface area contributed by atoms with Crippen LogP contribution in [0.15, 0.2) is 48.9 Å². The number of benzene rings is 1. The normalized spacial score (nSPS) is 16.7. The van der Waals surface area contributed by atoms with Gasteiger partial charge in [0.05, 0.1) is 17.1 Å². The number of amides is 2. The molecule has 0 spiro atoms. The van der Waals surface area contributed by atoms with Gasteiger partial charge in [0.25, 0.3) is 0 Å². The second-order valence-electron chi connectivity index (χ2n) is 6.58. The van der Waals surface area contributed by atoms with Crippen LogP contribution < -0.4 is 10.2 Å². The number of anilines is 2. The summed E-state index contributed by atoms with van der Waals surface area (Å²) in [6.45, 7) is 1.91. The van der Waals surface area contributed by atoms with Crippen LogP contribution in [0.3, 0.4) is 0 Å². The SMILES string of the molecule is Cc1cc(N2CC(C(=O)Nc3ccnc4ccncc34)CC2=O)ccc1F. The lowest BCUT2D eigenvalue weighted by molar-refractivity contribution is -0.122. The molecule has 1 aromatic carbocycles. The average Bonchev–Trinajstić information content (AvgIpc) is 3.06. The Morgan fingerprint density at radius 2 is 2.11 bits per heavy atom. The lowest BCUT2D eigenvalue weighted by atomic mass is 10.1. The summed E-state index contributed by atoms with van der Waals surface area (Å²) in [5, 5.41) is 3.62. The van der Waals surface area contributed by atoms with E-state index in [4.69, 9.17) is 0 Å². The summed E-state index contributed by atoms with van der Waals surface area (Å²) in [5.41, 5.74) is 2.41. The van der Waals surface area contributed by atoms with E-state index >= 15 is 0 Å². The third kappa shape index (κ3) is 3.23. The minimum Gasteiger partial charge on any atom is -0.325 e. The molecule has 1 atom stereocenters. The zero-order valence-corrected chi connectivity index (χ0v) is 14.6. The number of pyridine rings is 2. The molecule has 1 saturated heterocycles. The van der Waals surface area contributed by atoms with E-state index in [1.807, 2.05) is 0 Å². The van der Waals surface area contributed by atoms with Gasteiger partial charge in [0.1, 0.15) is 5.82 Å². The average molecular weight is 364 g/mol. The number of fused-ring (bicyclic) bond motifs is 1. The Kier molecular flexibility index (Phi) is 4.27. The summed E-state index contributed by atoms with van der Waals surface area (Å²) in [5.74, 6) is -1.19. The highest BCUT2D eigenvalue weighted by Crippen LogP contribution is 2.28. The van der Waals surface area contributed by atoms with Gasteiger partial charge in [-0.05, 0) is 42.8 Å². The maximum absolute atomic E-state index is 13.5. The largest absolute Gasteiger partial charge is 0.325 e. The van der Waals surface area contributed by atoms with Crippen LogP contribution in [0.4, 0.5) is 15.8 Å². The Labute approximate surface area is 155 Å². The number of nitrogens with zero attached hydrogens (tertiary/aromatic N) is 3. The third-order valence-electron chi connectivity index (χ3n) is 4.75. The lowest BCUT2D eigenvalue weighted by Crippen LogP contribution is -2.28. The predicted molar refractivity (Wildman–Crippen MR) is 99.8 cm³/mol. The van der Waals surface area contributed by atoms with E-state index in [2.05, 4.69) is 15.3 Å². The smallest absolute Gasteiger partial charge is 0.229 e. The molecule has 7 heteroatoms. The highest BCUT2D eigenvalue weighted by molar-refractivity contribution is 6.06. The molecular formula is C20H17FN4O2. The molecule has 1 aliphatic heterocycles. The quantitative estimate of drug-likeness (QED) is 0.775. The van der Waals surface area contributed by atoms with Gasteiger partial charge < -0.3 is 10.2 Å². The van der Waals surface area contributed by atoms with E-state index < -0.39 is 5.92 Å². The minimum absolute atomic E-state index is 0.115. The fourth-order valence-electron chi connectivity index (χ4n) is 3.26. The Morgan fingerprint density at radius 1 is 1.26 bits per heavy atom. The standard InChI is InChI=1S/C20H17FN4O2/c1-12-8-14(2-3-16(12)21)25-11-13(9-19(25)26)20(27)24-18-5-7-23-17-4-6-22-10-15(17)18/h2-8,10,13H,9,11H2,1H3,(H,23,24,27). The highest BCUT2D eigenvalue weighted by Gasteiger charge is 2.35. The van der Waals surface area contributed by atoms with Crippen LogP contribution in [-0.2, 0) is 9.59 Å². The molecular weight excluding hydrogens is 347 g/mol. The first-order valence-corrected chi connectivity index (χ1v) is 8.59. The minimum atomic E-state index is -0.484. The van der Waals surface area contributed by atoms with Crippen LogP contribution in [0.2, 0.25) is 0 Å². The number of carbonyl (C=O) groups excluding carboxylic acids is 2. The van der Waals surface area contributed by atoms with Crippen molar-refractivity contribution in [1.82, 2.24) is 9.97 Å². The summed E-state index contributed by atoms with van der Waals surface area (Å²) >= 11 is 0. The van der Waals surface area contributed by atoms with Crippen molar-refractivity contribution >= 4 is 34.1 Å². The highest BCUT2D eigenvalue weighted by atomic mass is 19.1. The lowest BCUT2D eigenvalue weighted by Gasteiger charge is -2.17. The first-order valence-electron chi connectivity index (χ1n) is 8.59. The molecule has 0 radical (unpaired) electrons. The van der Waals surface area contributed by atoms with E-state index in [0.29, 0.717) is 16.9 Å². The van der Waals surface area contributed by atoms with E-state index in [9.17, 15) is 14.0 Å². The van der Waals surface area contributed by atoms with Crippen LogP contribution in [0, 0.1) is 18.7 Å². The summed E-state index contributed by atoms with van der Waals surface area (Å²) in [6, 6.07) is 7.99. The Morgan fingerprint density at radius 3 is 2.93 bits per heavy atom. The molecule has 0 aliphatic carbocycles. The molecule has 1 fully saturated rings. The predicted octanol–water partition coefficient (Wildman–Crippen LogP) is 3.07. The Bertz CT molecular complexity index is 1050. The topological polar surface area (TPSA) is 75.2 Å². The summed E-state index contributed by atoms with van der Waals surface area (Å²) in [4.78, 5) is 34.9. The van der Waals surface area contributed by atoms with Crippen LogP contribution in [0.25, 0.3) is 10.9 Å². The number of carbonyl (C=O) groups is 2. The first kappa shape index (κ1) is 17.1. The number of halogens is 1. The first-order chi connectivity index (χ1) is 13.0. The van der Waals surface area contributed by atoms with Gasteiger partial charge in [0, 0.05) is 42.6 Å². The van der Waals surface area contributed by atoms with E-state index in [1.54, 1.807) is 49.8 Å². The van der Waals surface area contributed by atoms with E-state index in [-0.39, 0.29) is 30.6 Å². The molecule has 136 valence electrons. The fourth-order valence-corrected chi connectivity index (χ4v) is 3.26. The second kappa shape index (κ2) is 6.75. The van der Waals surface area contributed by atoms with Crippen molar-refractivity contribution < 1.29 is 14.0 Å². The molecule has 27 heavy (non-hydrogen) atoms.